The molecule has 1 N–H and O–H groups in total. The first-order valence-corrected chi connectivity index (χ1v) is 12.9. The van der Waals surface area contributed by atoms with Gasteiger partial charge in [0.15, 0.2) is 5.78 Å². The minimum atomic E-state index is -0.913. The molecule has 0 saturated carbocycles. The number of likely N-dealkylation sites (N-methyl/N-ethyl adjacent to an activating group) is 3. The first-order valence-electron chi connectivity index (χ1n) is 12.9. The van der Waals surface area contributed by atoms with Gasteiger partial charge in [-0.3, -0.25) is 24.0 Å². The Bertz CT molecular complexity index is 920. The van der Waals surface area contributed by atoms with E-state index in [1.165, 1.54) is 35.7 Å². The summed E-state index contributed by atoms with van der Waals surface area (Å²) in [5, 5.41) is 2.88. The average molecular weight is 517 g/mol. The number of Topliss-reactive ketones (excluding diaryl/α,β-unsaturated/α-hetero) is 1. The second kappa shape index (κ2) is 15.1. The van der Waals surface area contributed by atoms with E-state index in [2.05, 4.69) is 5.32 Å². The topological polar surface area (TPSA) is 107 Å². The van der Waals surface area contributed by atoms with Crippen LogP contribution in [0, 0.1) is 5.92 Å². The minimum Gasteiger partial charge on any atom is -0.342 e. The van der Waals surface area contributed by atoms with E-state index in [9.17, 15) is 24.0 Å². The van der Waals surface area contributed by atoms with Crippen molar-refractivity contribution >= 4 is 29.9 Å². The molecule has 1 aromatic rings. The Balaban J connectivity index is 3.30. The zero-order valence-electron chi connectivity index (χ0n) is 23.6. The van der Waals surface area contributed by atoms with Crippen LogP contribution in [0.2, 0.25) is 0 Å². The highest BCUT2D eigenvalue weighted by Gasteiger charge is 2.35. The van der Waals surface area contributed by atoms with Crippen molar-refractivity contribution in [3.8, 4) is 0 Å². The molecule has 0 spiro atoms. The standard InChI is InChI=1S/C28H44N4O5/c1-9-13-24(21(5)34)31(7)28(37)23(16-19(2)3)29-26(35)25(17-22-14-11-10-12-15-22)32(8)27(36)20(4)30(6)18-33/h10-12,14-15,18-20,23-25H,9,13,16-17H2,1-8H3,(H,29,35)/t20-,23-,24-,25-/m0/s1. The molecule has 1 rings (SSSR count). The normalized spacial score (nSPS) is 14.2. The predicted octanol–water partition coefficient (Wildman–Crippen LogP) is 2.28. The van der Waals surface area contributed by atoms with E-state index in [1.54, 1.807) is 14.0 Å². The molecular formula is C28H44N4O5. The summed E-state index contributed by atoms with van der Waals surface area (Å²) in [6, 6.07) is 6.21. The van der Waals surface area contributed by atoms with Crippen LogP contribution >= 0.6 is 0 Å². The molecule has 0 heterocycles. The lowest BCUT2D eigenvalue weighted by molar-refractivity contribution is -0.146. The number of benzene rings is 1. The van der Waals surface area contributed by atoms with E-state index in [-0.39, 0.29) is 24.0 Å². The van der Waals surface area contributed by atoms with Crippen LogP contribution in [-0.2, 0) is 30.4 Å². The fraction of sp³-hybridized carbons (Fsp3) is 0.607. The molecule has 0 aliphatic heterocycles. The molecule has 4 atom stereocenters. The van der Waals surface area contributed by atoms with E-state index in [4.69, 9.17) is 0 Å². The highest BCUT2D eigenvalue weighted by atomic mass is 16.2. The lowest BCUT2D eigenvalue weighted by atomic mass is 9.98. The van der Waals surface area contributed by atoms with Crippen molar-refractivity contribution in [1.82, 2.24) is 20.0 Å². The lowest BCUT2D eigenvalue weighted by Gasteiger charge is -2.34. The Kier molecular flexibility index (Phi) is 13.0. The third-order valence-electron chi connectivity index (χ3n) is 6.69. The molecule has 0 aliphatic carbocycles. The van der Waals surface area contributed by atoms with Crippen molar-refractivity contribution in [2.45, 2.75) is 84.5 Å². The van der Waals surface area contributed by atoms with E-state index < -0.39 is 36.0 Å². The monoisotopic (exact) mass is 516 g/mol. The van der Waals surface area contributed by atoms with Crippen LogP contribution in [0.15, 0.2) is 30.3 Å². The maximum Gasteiger partial charge on any atom is 0.245 e. The molecule has 1 aromatic carbocycles. The quantitative estimate of drug-likeness (QED) is 0.360. The van der Waals surface area contributed by atoms with Crippen molar-refractivity contribution in [3.05, 3.63) is 35.9 Å². The maximum absolute atomic E-state index is 13.7. The molecule has 37 heavy (non-hydrogen) atoms. The summed E-state index contributed by atoms with van der Waals surface area (Å²) in [6.07, 6.45) is 2.46. The van der Waals surface area contributed by atoms with Gasteiger partial charge in [0.05, 0.1) is 6.04 Å². The molecule has 0 aliphatic rings. The van der Waals surface area contributed by atoms with Crippen molar-refractivity contribution in [2.24, 2.45) is 5.92 Å². The smallest absolute Gasteiger partial charge is 0.245 e. The van der Waals surface area contributed by atoms with Crippen LogP contribution in [0.3, 0.4) is 0 Å². The Morgan fingerprint density at radius 1 is 0.919 bits per heavy atom. The zero-order chi connectivity index (χ0) is 28.3. The van der Waals surface area contributed by atoms with Gasteiger partial charge in [0.1, 0.15) is 18.1 Å². The van der Waals surface area contributed by atoms with E-state index in [0.29, 0.717) is 19.3 Å². The van der Waals surface area contributed by atoms with Crippen LogP contribution in [0.1, 0.15) is 59.4 Å². The molecular weight excluding hydrogens is 472 g/mol. The van der Waals surface area contributed by atoms with Gasteiger partial charge >= 0.3 is 0 Å². The molecule has 0 unspecified atom stereocenters. The van der Waals surface area contributed by atoms with Crippen molar-refractivity contribution < 1.29 is 24.0 Å². The summed E-state index contributed by atoms with van der Waals surface area (Å²) in [5.41, 5.74) is 0.849. The second-order valence-electron chi connectivity index (χ2n) is 10.2. The van der Waals surface area contributed by atoms with Crippen molar-refractivity contribution in [1.29, 1.82) is 0 Å². The lowest BCUT2D eigenvalue weighted by Crippen LogP contribution is -2.58. The molecule has 9 heteroatoms. The fourth-order valence-electron chi connectivity index (χ4n) is 4.26. The Labute approximate surface area is 221 Å². The summed E-state index contributed by atoms with van der Waals surface area (Å²) in [4.78, 5) is 67.8. The Morgan fingerprint density at radius 3 is 1.97 bits per heavy atom. The van der Waals surface area contributed by atoms with Crippen LogP contribution in [0.4, 0.5) is 0 Å². The van der Waals surface area contributed by atoms with E-state index in [1.807, 2.05) is 51.1 Å². The average Bonchev–Trinajstić information content (AvgIpc) is 2.87. The summed E-state index contributed by atoms with van der Waals surface area (Å²) in [7, 11) is 4.63. The number of hydrogen-bond acceptors (Lipinski definition) is 5. The molecule has 0 saturated heterocycles. The second-order valence-corrected chi connectivity index (χ2v) is 10.2. The Hall–Kier alpha value is -3.23. The summed E-state index contributed by atoms with van der Waals surface area (Å²) < 4.78 is 0. The van der Waals surface area contributed by atoms with Gasteiger partial charge in [0, 0.05) is 27.6 Å². The van der Waals surface area contributed by atoms with Gasteiger partial charge in [-0.15, -0.1) is 0 Å². The number of rotatable bonds is 15. The third kappa shape index (κ3) is 9.30. The fourth-order valence-corrected chi connectivity index (χ4v) is 4.26. The number of amides is 4. The van der Waals surface area contributed by atoms with Crippen LogP contribution in [0.25, 0.3) is 0 Å². The number of ketones is 1. The number of nitrogens with zero attached hydrogens (tertiary/aromatic N) is 3. The molecule has 0 radical (unpaired) electrons. The van der Waals surface area contributed by atoms with Gasteiger partial charge in [-0.05, 0) is 38.2 Å². The number of hydrogen-bond donors (Lipinski definition) is 1. The van der Waals surface area contributed by atoms with Gasteiger partial charge in [-0.2, -0.15) is 0 Å². The number of carbonyl (C=O) groups is 5. The zero-order valence-corrected chi connectivity index (χ0v) is 23.6. The Morgan fingerprint density at radius 2 is 1.49 bits per heavy atom. The summed E-state index contributed by atoms with van der Waals surface area (Å²) >= 11 is 0. The largest absolute Gasteiger partial charge is 0.342 e. The van der Waals surface area contributed by atoms with Crippen molar-refractivity contribution in [3.63, 3.8) is 0 Å². The highest BCUT2D eigenvalue weighted by Crippen LogP contribution is 2.16. The van der Waals surface area contributed by atoms with Gasteiger partial charge in [-0.1, -0.05) is 57.5 Å². The SMILES string of the molecule is CCC[C@@H](C(C)=O)N(C)C(=O)[C@H](CC(C)C)NC(=O)[C@H](Cc1ccccc1)N(C)C(=O)[C@H](C)N(C)C=O. The predicted molar refractivity (Wildman–Crippen MR) is 144 cm³/mol. The van der Waals surface area contributed by atoms with Gasteiger partial charge < -0.3 is 20.0 Å². The van der Waals surface area contributed by atoms with Gasteiger partial charge in [0.25, 0.3) is 0 Å². The molecule has 206 valence electrons. The first-order chi connectivity index (χ1) is 17.3. The molecule has 9 nitrogen and oxygen atoms in total. The molecule has 0 aromatic heterocycles. The maximum atomic E-state index is 13.7. The molecule has 0 fully saturated rings. The van der Waals surface area contributed by atoms with Gasteiger partial charge in [0.2, 0.25) is 24.1 Å². The molecule has 0 bridgehead atoms. The van der Waals surface area contributed by atoms with E-state index in [0.717, 1.165) is 12.0 Å². The minimum absolute atomic E-state index is 0.0952. The number of nitrogens with one attached hydrogen (secondary N) is 1. The first kappa shape index (κ1) is 31.8. The van der Waals surface area contributed by atoms with Crippen LogP contribution in [-0.4, -0.2) is 89.9 Å². The van der Waals surface area contributed by atoms with Crippen LogP contribution < -0.4 is 5.32 Å². The summed E-state index contributed by atoms with van der Waals surface area (Å²) in [5.74, 6) is -1.21. The number of carbonyl (C=O) groups excluding carboxylic acids is 5. The molecule has 4 amide bonds. The van der Waals surface area contributed by atoms with E-state index >= 15 is 0 Å². The summed E-state index contributed by atoms with van der Waals surface area (Å²) in [6.45, 7) is 8.92. The van der Waals surface area contributed by atoms with Crippen LogP contribution in [0.5, 0.6) is 0 Å². The van der Waals surface area contributed by atoms with Gasteiger partial charge in [-0.25, -0.2) is 0 Å². The third-order valence-corrected chi connectivity index (χ3v) is 6.69. The highest BCUT2D eigenvalue weighted by molar-refractivity contribution is 5.95. The van der Waals surface area contributed by atoms with Crippen molar-refractivity contribution in [2.75, 3.05) is 21.1 Å².